The lowest BCUT2D eigenvalue weighted by Crippen LogP contribution is -2.43. The van der Waals surface area contributed by atoms with E-state index < -0.39 is 36.8 Å². The van der Waals surface area contributed by atoms with Crippen molar-refractivity contribution in [2.45, 2.75) is 0 Å². The molecule has 0 aliphatic rings. The molecule has 0 aliphatic heterocycles. The highest BCUT2D eigenvalue weighted by atomic mass is 32.2. The van der Waals surface area contributed by atoms with Crippen LogP contribution < -0.4 is 16.0 Å². The van der Waals surface area contributed by atoms with Crippen LogP contribution in [0.5, 0.6) is 0 Å². The summed E-state index contributed by atoms with van der Waals surface area (Å²) in [4.78, 5) is 56.3. The molecule has 134 valence electrons. The first-order valence-corrected chi connectivity index (χ1v) is 8.11. The van der Waals surface area contributed by atoms with Crippen molar-refractivity contribution in [1.82, 2.24) is 16.0 Å². The largest absolute Gasteiger partial charge is 0.480 e. The Hall–Kier alpha value is -2.88. The van der Waals surface area contributed by atoms with Gasteiger partial charge in [0.2, 0.25) is 22.8 Å². The summed E-state index contributed by atoms with van der Waals surface area (Å²) >= 11 is 0.814. The summed E-state index contributed by atoms with van der Waals surface area (Å²) < 4.78 is 0. The highest BCUT2D eigenvalue weighted by molar-refractivity contribution is 8.14. The zero-order chi connectivity index (χ0) is 18.7. The van der Waals surface area contributed by atoms with Gasteiger partial charge in [-0.15, -0.1) is 0 Å². The SMILES string of the molecule is O=C(O)CNC(=O)CNC(=O)CNC(=O)CSC(=O)c1ccccc1. The molecule has 0 spiro atoms. The maximum Gasteiger partial charge on any atom is 0.322 e. The average molecular weight is 367 g/mol. The van der Waals surface area contributed by atoms with Gasteiger partial charge in [-0.25, -0.2) is 0 Å². The van der Waals surface area contributed by atoms with Crippen molar-refractivity contribution < 1.29 is 29.1 Å². The second kappa shape index (κ2) is 10.8. The molecule has 0 unspecified atom stereocenters. The van der Waals surface area contributed by atoms with E-state index in [9.17, 15) is 24.0 Å². The first-order valence-electron chi connectivity index (χ1n) is 7.12. The fraction of sp³-hybridized carbons (Fsp3) is 0.267. The lowest BCUT2D eigenvalue weighted by molar-refractivity contribution is -0.137. The van der Waals surface area contributed by atoms with Crippen LogP contribution >= 0.6 is 11.8 Å². The molecule has 0 saturated carbocycles. The minimum absolute atomic E-state index is 0.139. The van der Waals surface area contributed by atoms with Gasteiger partial charge < -0.3 is 21.1 Å². The van der Waals surface area contributed by atoms with Gasteiger partial charge in [-0.3, -0.25) is 24.0 Å². The molecule has 9 nitrogen and oxygen atoms in total. The lowest BCUT2D eigenvalue weighted by Gasteiger charge is -2.07. The normalized spacial score (nSPS) is 9.76. The minimum Gasteiger partial charge on any atom is -0.480 e. The van der Waals surface area contributed by atoms with Crippen molar-refractivity contribution in [2.75, 3.05) is 25.4 Å². The Kier molecular flexibility index (Phi) is 8.72. The van der Waals surface area contributed by atoms with Crippen molar-refractivity contribution in [3.8, 4) is 0 Å². The molecule has 0 heterocycles. The van der Waals surface area contributed by atoms with Crippen LogP contribution in [0.15, 0.2) is 30.3 Å². The van der Waals surface area contributed by atoms with E-state index >= 15 is 0 Å². The van der Waals surface area contributed by atoms with Gasteiger partial charge in [-0.05, 0) is 0 Å². The van der Waals surface area contributed by atoms with E-state index in [2.05, 4.69) is 16.0 Å². The first-order chi connectivity index (χ1) is 11.9. The van der Waals surface area contributed by atoms with Gasteiger partial charge in [0.05, 0.1) is 18.8 Å². The number of thioether (sulfide) groups is 1. The van der Waals surface area contributed by atoms with Gasteiger partial charge in [0, 0.05) is 5.56 Å². The molecule has 0 saturated heterocycles. The number of hydrogen-bond donors (Lipinski definition) is 4. The van der Waals surface area contributed by atoms with Crippen molar-refractivity contribution in [2.24, 2.45) is 0 Å². The number of benzene rings is 1. The third-order valence-electron chi connectivity index (χ3n) is 2.67. The number of aliphatic carboxylic acids is 1. The fourth-order valence-corrected chi connectivity index (χ4v) is 2.16. The molecule has 0 fully saturated rings. The van der Waals surface area contributed by atoms with E-state index in [1.165, 1.54) is 0 Å². The third-order valence-corrected chi connectivity index (χ3v) is 3.58. The Labute approximate surface area is 147 Å². The van der Waals surface area contributed by atoms with Gasteiger partial charge >= 0.3 is 5.97 Å². The highest BCUT2D eigenvalue weighted by Gasteiger charge is 2.11. The molecule has 0 aliphatic carbocycles. The number of carbonyl (C=O) groups is 5. The monoisotopic (exact) mass is 367 g/mol. The fourth-order valence-electron chi connectivity index (χ4n) is 1.50. The van der Waals surface area contributed by atoms with Crippen molar-refractivity contribution in [1.29, 1.82) is 0 Å². The summed E-state index contributed by atoms with van der Waals surface area (Å²) in [5.41, 5.74) is 0.477. The number of hydrogen-bond acceptors (Lipinski definition) is 6. The van der Waals surface area contributed by atoms with Crippen LogP contribution in [-0.2, 0) is 19.2 Å². The van der Waals surface area contributed by atoms with Gasteiger partial charge in [0.25, 0.3) is 0 Å². The number of carboxylic acids is 1. The Morgan fingerprint density at radius 2 is 1.32 bits per heavy atom. The molecule has 0 atom stereocenters. The Morgan fingerprint density at radius 1 is 0.800 bits per heavy atom. The molecular weight excluding hydrogens is 350 g/mol. The van der Waals surface area contributed by atoms with E-state index in [-0.39, 0.29) is 17.4 Å². The zero-order valence-electron chi connectivity index (χ0n) is 13.1. The van der Waals surface area contributed by atoms with Crippen LogP contribution in [0.3, 0.4) is 0 Å². The smallest absolute Gasteiger partial charge is 0.322 e. The minimum atomic E-state index is -1.20. The van der Waals surface area contributed by atoms with Crippen LogP contribution in [-0.4, -0.2) is 59.3 Å². The topological polar surface area (TPSA) is 142 Å². The maximum atomic E-state index is 11.8. The average Bonchev–Trinajstić information content (AvgIpc) is 2.61. The van der Waals surface area contributed by atoms with Gasteiger partial charge in [-0.1, -0.05) is 42.1 Å². The predicted molar refractivity (Wildman–Crippen MR) is 89.9 cm³/mol. The van der Waals surface area contributed by atoms with Crippen molar-refractivity contribution in [3.05, 3.63) is 35.9 Å². The molecule has 0 aromatic heterocycles. The van der Waals surface area contributed by atoms with Crippen molar-refractivity contribution >= 4 is 40.6 Å². The summed E-state index contributed by atoms with van der Waals surface area (Å²) in [5, 5.41) is 14.7. The van der Waals surface area contributed by atoms with Crippen LogP contribution in [0.25, 0.3) is 0 Å². The number of amides is 3. The van der Waals surface area contributed by atoms with Crippen LogP contribution in [0.4, 0.5) is 0 Å². The van der Waals surface area contributed by atoms with E-state index in [0.29, 0.717) is 5.56 Å². The summed E-state index contributed by atoms with van der Waals surface area (Å²) in [6, 6.07) is 8.47. The molecule has 0 bridgehead atoms. The Bertz CT molecular complexity index is 650. The van der Waals surface area contributed by atoms with E-state index in [1.54, 1.807) is 30.3 Å². The number of carboxylic acid groups (broad SMARTS) is 1. The molecular formula is C15H17N3O6S. The molecule has 1 aromatic carbocycles. The molecule has 3 amide bonds. The van der Waals surface area contributed by atoms with Gasteiger partial charge in [0.15, 0.2) is 0 Å². The third kappa shape index (κ3) is 9.11. The molecule has 0 radical (unpaired) electrons. The standard InChI is InChI=1S/C15H17N3O6S/c19-11(16-6-12(20)18-8-14(22)23)7-17-13(21)9-25-15(24)10-4-2-1-3-5-10/h1-5H,6-9H2,(H,16,19)(H,17,21)(H,18,20)(H,22,23). The lowest BCUT2D eigenvalue weighted by atomic mass is 10.2. The predicted octanol–water partition coefficient (Wildman–Crippen LogP) is -1.01. The van der Waals surface area contributed by atoms with Crippen LogP contribution in [0.1, 0.15) is 10.4 Å². The van der Waals surface area contributed by atoms with E-state index in [0.717, 1.165) is 11.8 Å². The second-order valence-electron chi connectivity index (χ2n) is 4.67. The quantitative estimate of drug-likeness (QED) is 0.438. The molecule has 4 N–H and O–H groups in total. The van der Waals surface area contributed by atoms with Crippen LogP contribution in [0, 0.1) is 0 Å². The number of rotatable bonds is 9. The molecule has 10 heteroatoms. The van der Waals surface area contributed by atoms with Crippen molar-refractivity contribution in [3.63, 3.8) is 0 Å². The zero-order valence-corrected chi connectivity index (χ0v) is 13.9. The Balaban J connectivity index is 2.18. The molecule has 1 aromatic rings. The second-order valence-corrected chi connectivity index (χ2v) is 5.61. The van der Waals surface area contributed by atoms with E-state index in [1.807, 2.05) is 0 Å². The molecule has 25 heavy (non-hydrogen) atoms. The summed E-state index contributed by atoms with van der Waals surface area (Å²) in [7, 11) is 0. The maximum absolute atomic E-state index is 11.8. The number of nitrogens with one attached hydrogen (secondary N) is 3. The van der Waals surface area contributed by atoms with Gasteiger partial charge in [0.1, 0.15) is 6.54 Å². The summed E-state index contributed by atoms with van der Waals surface area (Å²) in [5.74, 6) is -3.11. The van der Waals surface area contributed by atoms with E-state index in [4.69, 9.17) is 5.11 Å². The first kappa shape index (κ1) is 20.2. The Morgan fingerprint density at radius 3 is 1.88 bits per heavy atom. The number of carbonyl (C=O) groups excluding carboxylic acids is 4. The van der Waals surface area contributed by atoms with Gasteiger partial charge in [-0.2, -0.15) is 0 Å². The molecule has 1 rings (SSSR count). The summed E-state index contributed by atoms with van der Waals surface area (Å²) in [6.45, 7) is -1.30. The summed E-state index contributed by atoms with van der Waals surface area (Å²) in [6.07, 6.45) is 0. The highest BCUT2D eigenvalue weighted by Crippen LogP contribution is 2.11. The van der Waals surface area contributed by atoms with Crippen LogP contribution in [0.2, 0.25) is 0 Å².